The van der Waals surface area contributed by atoms with Crippen molar-refractivity contribution in [3.8, 4) is 0 Å². The van der Waals surface area contributed by atoms with E-state index < -0.39 is 9.84 Å². The predicted octanol–water partition coefficient (Wildman–Crippen LogP) is 0.218. The number of nitrogens with zero attached hydrogens (tertiary/aromatic N) is 2. The molecule has 126 valence electrons. The van der Waals surface area contributed by atoms with Gasteiger partial charge in [-0.1, -0.05) is 6.42 Å². The van der Waals surface area contributed by atoms with Gasteiger partial charge in [0.25, 0.3) is 0 Å². The molecule has 2 saturated heterocycles. The summed E-state index contributed by atoms with van der Waals surface area (Å²) < 4.78 is 22.9. The number of rotatable bonds is 4. The first-order valence-electron chi connectivity index (χ1n) is 7.88. The number of carbonyl (C=O) groups excluding carboxylic acids is 2. The van der Waals surface area contributed by atoms with E-state index in [9.17, 15) is 18.0 Å². The van der Waals surface area contributed by atoms with Gasteiger partial charge in [0.05, 0.1) is 11.5 Å². The standard InChI is InChI=1S/C14H25N3O4S/c1-16(12-6-10-22(20,21)11-12)14(19)15-7-9-17-8-4-2-3-5-13(17)18/h12H,2-11H2,1H3,(H,15,19)/t12-/m1/s1. The summed E-state index contributed by atoms with van der Waals surface area (Å²) in [6, 6.07) is -0.519. The molecule has 22 heavy (non-hydrogen) atoms. The van der Waals surface area contributed by atoms with Crippen molar-refractivity contribution in [3.05, 3.63) is 0 Å². The summed E-state index contributed by atoms with van der Waals surface area (Å²) in [6.07, 6.45) is 4.12. The molecule has 0 aromatic rings. The summed E-state index contributed by atoms with van der Waals surface area (Å²) >= 11 is 0. The number of likely N-dealkylation sites (tertiary alicyclic amines) is 1. The SMILES string of the molecule is CN(C(=O)NCCN1CCCCCC1=O)[C@@H]1CCS(=O)(=O)C1. The number of amides is 3. The Morgan fingerprint density at radius 2 is 2.14 bits per heavy atom. The molecule has 0 bridgehead atoms. The molecule has 0 unspecified atom stereocenters. The molecular formula is C14H25N3O4S. The molecule has 1 N–H and O–H groups in total. The highest BCUT2D eigenvalue weighted by atomic mass is 32.2. The maximum Gasteiger partial charge on any atom is 0.317 e. The number of urea groups is 1. The van der Waals surface area contributed by atoms with Crippen molar-refractivity contribution in [2.75, 3.05) is 38.2 Å². The zero-order chi connectivity index (χ0) is 16.2. The molecule has 2 heterocycles. The number of hydrogen-bond donors (Lipinski definition) is 1. The molecule has 0 spiro atoms. The third-order valence-electron chi connectivity index (χ3n) is 4.41. The van der Waals surface area contributed by atoms with Gasteiger partial charge >= 0.3 is 6.03 Å². The summed E-state index contributed by atoms with van der Waals surface area (Å²) in [4.78, 5) is 27.2. The highest BCUT2D eigenvalue weighted by Gasteiger charge is 2.32. The van der Waals surface area contributed by atoms with Crippen molar-refractivity contribution in [2.45, 2.75) is 38.1 Å². The summed E-state index contributed by atoms with van der Waals surface area (Å²) in [7, 11) is -1.37. The van der Waals surface area contributed by atoms with Crippen LogP contribution in [0.3, 0.4) is 0 Å². The Balaban J connectivity index is 1.74. The molecule has 8 heteroatoms. The quantitative estimate of drug-likeness (QED) is 0.798. The lowest BCUT2D eigenvalue weighted by molar-refractivity contribution is -0.130. The van der Waals surface area contributed by atoms with E-state index in [1.165, 1.54) is 4.90 Å². The zero-order valence-corrected chi connectivity index (χ0v) is 13.9. The van der Waals surface area contributed by atoms with Crippen LogP contribution >= 0.6 is 0 Å². The Hall–Kier alpha value is -1.31. The van der Waals surface area contributed by atoms with Gasteiger partial charge in [-0.25, -0.2) is 13.2 Å². The lowest BCUT2D eigenvalue weighted by atomic mass is 10.2. The fraction of sp³-hybridized carbons (Fsp3) is 0.857. The summed E-state index contributed by atoms with van der Waals surface area (Å²) in [5, 5.41) is 2.77. The highest BCUT2D eigenvalue weighted by molar-refractivity contribution is 7.91. The lowest BCUT2D eigenvalue weighted by Crippen LogP contribution is -2.46. The van der Waals surface area contributed by atoms with Crippen molar-refractivity contribution in [2.24, 2.45) is 0 Å². The van der Waals surface area contributed by atoms with Crippen LogP contribution in [0.5, 0.6) is 0 Å². The molecule has 0 saturated carbocycles. The third kappa shape index (κ3) is 4.59. The van der Waals surface area contributed by atoms with Gasteiger partial charge < -0.3 is 15.1 Å². The van der Waals surface area contributed by atoms with Gasteiger partial charge in [0.2, 0.25) is 5.91 Å². The maximum absolute atomic E-state index is 12.0. The Morgan fingerprint density at radius 3 is 2.82 bits per heavy atom. The minimum absolute atomic E-state index is 0.0432. The number of sulfone groups is 1. The van der Waals surface area contributed by atoms with Crippen LogP contribution in [0.2, 0.25) is 0 Å². The van der Waals surface area contributed by atoms with Gasteiger partial charge in [-0.2, -0.15) is 0 Å². The smallest absolute Gasteiger partial charge is 0.317 e. The Bertz CT molecular complexity index is 520. The number of nitrogens with one attached hydrogen (secondary N) is 1. The molecule has 0 aromatic carbocycles. The molecule has 0 aromatic heterocycles. The van der Waals surface area contributed by atoms with E-state index in [2.05, 4.69) is 5.32 Å². The molecule has 2 rings (SSSR count). The number of carbonyl (C=O) groups is 2. The Kier molecular flexibility index (Phi) is 5.66. The fourth-order valence-corrected chi connectivity index (χ4v) is 4.72. The van der Waals surface area contributed by atoms with Crippen LogP contribution in [-0.4, -0.2) is 74.4 Å². The second kappa shape index (κ2) is 7.30. The van der Waals surface area contributed by atoms with Gasteiger partial charge in [0, 0.05) is 39.1 Å². The van der Waals surface area contributed by atoms with Crippen LogP contribution in [0.4, 0.5) is 4.79 Å². The van der Waals surface area contributed by atoms with Crippen molar-refractivity contribution in [3.63, 3.8) is 0 Å². The van der Waals surface area contributed by atoms with Gasteiger partial charge in [-0.15, -0.1) is 0 Å². The number of hydrogen-bond acceptors (Lipinski definition) is 4. The van der Waals surface area contributed by atoms with Crippen molar-refractivity contribution in [1.82, 2.24) is 15.1 Å². The van der Waals surface area contributed by atoms with E-state index >= 15 is 0 Å². The normalized spacial score (nSPS) is 24.9. The first kappa shape index (κ1) is 17.1. The van der Waals surface area contributed by atoms with Gasteiger partial charge in [0.15, 0.2) is 9.84 Å². The molecular weight excluding hydrogens is 306 g/mol. The summed E-state index contributed by atoms with van der Waals surface area (Å²) in [5.41, 5.74) is 0. The average molecular weight is 331 g/mol. The van der Waals surface area contributed by atoms with E-state index in [4.69, 9.17) is 0 Å². The van der Waals surface area contributed by atoms with E-state index in [0.29, 0.717) is 25.9 Å². The first-order chi connectivity index (χ1) is 10.4. The molecule has 2 fully saturated rings. The summed E-state index contributed by atoms with van der Waals surface area (Å²) in [6.45, 7) is 1.67. The molecule has 7 nitrogen and oxygen atoms in total. The van der Waals surface area contributed by atoms with Crippen molar-refractivity contribution in [1.29, 1.82) is 0 Å². The topological polar surface area (TPSA) is 86.8 Å². The van der Waals surface area contributed by atoms with Crippen LogP contribution in [0.15, 0.2) is 0 Å². The van der Waals surface area contributed by atoms with E-state index in [-0.39, 0.29) is 29.5 Å². The zero-order valence-electron chi connectivity index (χ0n) is 13.1. The summed E-state index contributed by atoms with van der Waals surface area (Å²) in [5.74, 6) is 0.348. The maximum atomic E-state index is 12.0. The molecule has 3 amide bonds. The van der Waals surface area contributed by atoms with Gasteiger partial charge in [0.1, 0.15) is 0 Å². The van der Waals surface area contributed by atoms with Crippen LogP contribution in [0, 0.1) is 0 Å². The molecule has 2 aliphatic rings. The highest BCUT2D eigenvalue weighted by Crippen LogP contribution is 2.16. The predicted molar refractivity (Wildman–Crippen MR) is 83.3 cm³/mol. The van der Waals surface area contributed by atoms with E-state index in [0.717, 1.165) is 25.8 Å². The lowest BCUT2D eigenvalue weighted by Gasteiger charge is -2.25. The minimum Gasteiger partial charge on any atom is -0.341 e. The molecule has 1 atom stereocenters. The van der Waals surface area contributed by atoms with Gasteiger partial charge in [-0.3, -0.25) is 4.79 Å². The average Bonchev–Trinajstić information content (AvgIpc) is 2.70. The third-order valence-corrected chi connectivity index (χ3v) is 6.16. The van der Waals surface area contributed by atoms with Crippen LogP contribution < -0.4 is 5.32 Å². The van der Waals surface area contributed by atoms with Crippen molar-refractivity contribution >= 4 is 21.8 Å². The van der Waals surface area contributed by atoms with Gasteiger partial charge in [-0.05, 0) is 19.3 Å². The largest absolute Gasteiger partial charge is 0.341 e. The first-order valence-corrected chi connectivity index (χ1v) is 9.70. The molecule has 0 radical (unpaired) electrons. The molecule has 2 aliphatic heterocycles. The van der Waals surface area contributed by atoms with E-state index in [1.807, 2.05) is 0 Å². The molecule has 0 aliphatic carbocycles. The van der Waals surface area contributed by atoms with E-state index in [1.54, 1.807) is 11.9 Å². The second-order valence-corrected chi connectivity index (χ2v) is 8.32. The van der Waals surface area contributed by atoms with Crippen LogP contribution in [-0.2, 0) is 14.6 Å². The second-order valence-electron chi connectivity index (χ2n) is 6.09. The minimum atomic E-state index is -3.00. The monoisotopic (exact) mass is 331 g/mol. The Morgan fingerprint density at radius 1 is 1.36 bits per heavy atom. The van der Waals surface area contributed by atoms with Crippen molar-refractivity contribution < 1.29 is 18.0 Å². The van der Waals surface area contributed by atoms with Crippen LogP contribution in [0.25, 0.3) is 0 Å². The van der Waals surface area contributed by atoms with Crippen LogP contribution in [0.1, 0.15) is 32.1 Å². The fourth-order valence-electron chi connectivity index (χ4n) is 2.94. The Labute approximate surface area is 131 Å².